The Balaban J connectivity index is 2.20. The largest absolute Gasteiger partial charge is 0.463 e. The lowest BCUT2D eigenvalue weighted by molar-refractivity contribution is -0.139. The van der Waals surface area contributed by atoms with Gasteiger partial charge in [0.05, 0.1) is 18.2 Å². The number of hydrogen-bond acceptors (Lipinski definition) is 4. The molecular weight excluding hydrogens is 344 g/mol. The maximum atomic E-state index is 13.4. The molecule has 0 bridgehead atoms. The molecule has 2 atom stereocenters. The van der Waals surface area contributed by atoms with Gasteiger partial charge in [-0.25, -0.2) is 18.4 Å². The van der Waals surface area contributed by atoms with Crippen molar-refractivity contribution in [2.75, 3.05) is 13.2 Å². The summed E-state index contributed by atoms with van der Waals surface area (Å²) < 4.78 is 31.6. The molecule has 0 unspecified atom stereocenters. The molecule has 1 heterocycles. The average molecular weight is 367 g/mol. The Kier molecular flexibility index (Phi) is 6.68. The van der Waals surface area contributed by atoms with Crippen LogP contribution >= 0.6 is 0 Å². The predicted octanol–water partition coefficient (Wildman–Crippen LogP) is 2.52. The summed E-state index contributed by atoms with van der Waals surface area (Å²) >= 11 is 0. The van der Waals surface area contributed by atoms with Crippen LogP contribution in [0.15, 0.2) is 29.5 Å². The van der Waals surface area contributed by atoms with E-state index in [1.807, 2.05) is 6.92 Å². The van der Waals surface area contributed by atoms with E-state index in [0.29, 0.717) is 23.3 Å². The second-order valence-electron chi connectivity index (χ2n) is 5.95. The van der Waals surface area contributed by atoms with Gasteiger partial charge in [0.25, 0.3) is 0 Å². The fourth-order valence-corrected chi connectivity index (χ4v) is 2.76. The summed E-state index contributed by atoms with van der Waals surface area (Å²) in [6.45, 7) is 5.72. The van der Waals surface area contributed by atoms with E-state index in [-0.39, 0.29) is 19.2 Å². The van der Waals surface area contributed by atoms with E-state index in [2.05, 4.69) is 16.0 Å². The smallest absolute Gasteiger partial charge is 0.337 e. The molecule has 2 amide bonds. The summed E-state index contributed by atoms with van der Waals surface area (Å²) in [6, 6.07) is 2.48. The molecule has 8 heteroatoms. The van der Waals surface area contributed by atoms with Crippen LogP contribution in [0.1, 0.15) is 38.8 Å². The fourth-order valence-electron chi connectivity index (χ4n) is 2.76. The van der Waals surface area contributed by atoms with Crippen LogP contribution in [0.2, 0.25) is 0 Å². The summed E-state index contributed by atoms with van der Waals surface area (Å²) in [5.74, 6) is -2.34. The number of esters is 1. The summed E-state index contributed by atoms with van der Waals surface area (Å²) in [6.07, 6.45) is 0.532. The Morgan fingerprint density at radius 2 is 2.04 bits per heavy atom. The Labute approximate surface area is 151 Å². The third-order valence-corrected chi connectivity index (χ3v) is 4.18. The lowest BCUT2D eigenvalue weighted by Gasteiger charge is -2.29. The molecule has 1 aliphatic heterocycles. The number of nitrogens with one attached hydrogen (secondary N) is 3. The summed E-state index contributed by atoms with van der Waals surface area (Å²) in [5.41, 5.74) is 1.32. The molecule has 0 fully saturated rings. The number of carbonyl (C=O) groups excluding carboxylic acids is 2. The summed E-state index contributed by atoms with van der Waals surface area (Å²) in [4.78, 5) is 24.1. The monoisotopic (exact) mass is 367 g/mol. The average Bonchev–Trinajstić information content (AvgIpc) is 2.61. The van der Waals surface area contributed by atoms with Gasteiger partial charge < -0.3 is 20.7 Å². The number of hydrogen-bond donors (Lipinski definition) is 3. The van der Waals surface area contributed by atoms with Gasteiger partial charge in [-0.05, 0) is 38.0 Å². The van der Waals surface area contributed by atoms with Crippen LogP contribution in [0.3, 0.4) is 0 Å². The number of carbonyl (C=O) groups is 2. The number of benzene rings is 1. The zero-order valence-electron chi connectivity index (χ0n) is 15.0. The van der Waals surface area contributed by atoms with Gasteiger partial charge >= 0.3 is 12.0 Å². The minimum atomic E-state index is -0.927. The molecule has 6 nitrogen and oxygen atoms in total. The standard InChI is InChI=1S/C18H23F2N3O3/c1-4-14-16(17(24)26-5-2)15(23-18(25)22-14)9-21-10(3)11-6-7-12(19)13(20)8-11/h6-8,10,14,21H,4-5,9H2,1-3H3,(H2,22,23,25)/t10-,14-/m0/s1. The zero-order chi connectivity index (χ0) is 19.3. The quantitative estimate of drug-likeness (QED) is 0.647. The van der Waals surface area contributed by atoms with E-state index in [4.69, 9.17) is 4.74 Å². The zero-order valence-corrected chi connectivity index (χ0v) is 15.0. The molecule has 1 aromatic rings. The van der Waals surface area contributed by atoms with Gasteiger partial charge in [0.2, 0.25) is 0 Å². The van der Waals surface area contributed by atoms with Gasteiger partial charge in [-0.2, -0.15) is 0 Å². The molecule has 0 aliphatic carbocycles. The van der Waals surface area contributed by atoms with Crippen molar-refractivity contribution in [3.8, 4) is 0 Å². The fraction of sp³-hybridized carbons (Fsp3) is 0.444. The minimum Gasteiger partial charge on any atom is -0.463 e. The predicted molar refractivity (Wildman–Crippen MR) is 92.2 cm³/mol. The molecule has 2 rings (SSSR count). The van der Waals surface area contributed by atoms with Gasteiger partial charge in [0.1, 0.15) is 0 Å². The SMILES string of the molecule is CCOC(=O)C1=C(CN[C@@H](C)c2ccc(F)c(F)c2)NC(=O)N[C@H]1CC. The molecule has 1 aromatic carbocycles. The lowest BCUT2D eigenvalue weighted by Crippen LogP contribution is -2.52. The Hall–Kier alpha value is -2.48. The third kappa shape index (κ3) is 4.57. The maximum absolute atomic E-state index is 13.4. The number of ether oxygens (including phenoxy) is 1. The van der Waals surface area contributed by atoms with E-state index in [9.17, 15) is 18.4 Å². The highest BCUT2D eigenvalue weighted by Crippen LogP contribution is 2.19. The van der Waals surface area contributed by atoms with Gasteiger partial charge in [-0.1, -0.05) is 13.0 Å². The molecule has 0 spiro atoms. The van der Waals surface area contributed by atoms with Crippen molar-refractivity contribution >= 4 is 12.0 Å². The molecule has 1 aliphatic rings. The van der Waals surface area contributed by atoms with Crippen LogP contribution in [-0.2, 0) is 9.53 Å². The third-order valence-electron chi connectivity index (χ3n) is 4.18. The topological polar surface area (TPSA) is 79.5 Å². The highest BCUT2D eigenvalue weighted by atomic mass is 19.2. The van der Waals surface area contributed by atoms with Crippen molar-refractivity contribution in [2.45, 2.75) is 39.3 Å². The Bertz CT molecular complexity index is 722. The van der Waals surface area contributed by atoms with Crippen LogP contribution < -0.4 is 16.0 Å². The molecule has 0 aromatic heterocycles. The van der Waals surface area contributed by atoms with Gasteiger partial charge in [-0.3, -0.25) is 0 Å². The van der Waals surface area contributed by atoms with E-state index in [1.165, 1.54) is 6.07 Å². The van der Waals surface area contributed by atoms with Crippen LogP contribution in [0, 0.1) is 11.6 Å². The normalized spacial score (nSPS) is 18.2. The van der Waals surface area contributed by atoms with Crippen molar-refractivity contribution in [1.82, 2.24) is 16.0 Å². The minimum absolute atomic E-state index is 0.165. The highest BCUT2D eigenvalue weighted by Gasteiger charge is 2.31. The van der Waals surface area contributed by atoms with Crippen molar-refractivity contribution in [3.05, 3.63) is 46.7 Å². The second kappa shape index (κ2) is 8.75. The highest BCUT2D eigenvalue weighted by molar-refractivity contribution is 5.94. The van der Waals surface area contributed by atoms with Crippen molar-refractivity contribution in [2.24, 2.45) is 0 Å². The summed E-state index contributed by atoms with van der Waals surface area (Å²) in [5, 5.41) is 8.43. The molecule has 0 saturated heterocycles. The number of urea groups is 1. The molecule has 26 heavy (non-hydrogen) atoms. The molecule has 142 valence electrons. The summed E-state index contributed by atoms with van der Waals surface area (Å²) in [7, 11) is 0. The number of halogens is 2. The lowest BCUT2D eigenvalue weighted by atomic mass is 10.00. The molecular formula is C18H23F2N3O3. The Morgan fingerprint density at radius 3 is 2.65 bits per heavy atom. The number of rotatable bonds is 7. The van der Waals surface area contributed by atoms with E-state index < -0.39 is 29.7 Å². The first-order valence-corrected chi connectivity index (χ1v) is 8.53. The Morgan fingerprint density at radius 1 is 1.31 bits per heavy atom. The van der Waals surface area contributed by atoms with E-state index in [0.717, 1.165) is 12.1 Å². The first-order chi connectivity index (χ1) is 12.4. The van der Waals surface area contributed by atoms with E-state index in [1.54, 1.807) is 13.8 Å². The van der Waals surface area contributed by atoms with Crippen LogP contribution in [0.25, 0.3) is 0 Å². The number of amides is 2. The second-order valence-corrected chi connectivity index (χ2v) is 5.95. The maximum Gasteiger partial charge on any atom is 0.337 e. The molecule has 0 radical (unpaired) electrons. The van der Waals surface area contributed by atoms with Gasteiger partial charge in [-0.15, -0.1) is 0 Å². The van der Waals surface area contributed by atoms with Crippen LogP contribution in [0.5, 0.6) is 0 Å². The van der Waals surface area contributed by atoms with Crippen molar-refractivity contribution in [1.29, 1.82) is 0 Å². The van der Waals surface area contributed by atoms with Crippen LogP contribution in [0.4, 0.5) is 13.6 Å². The van der Waals surface area contributed by atoms with Gasteiger partial charge in [0, 0.05) is 18.3 Å². The molecule has 0 saturated carbocycles. The van der Waals surface area contributed by atoms with Gasteiger partial charge in [0.15, 0.2) is 11.6 Å². The van der Waals surface area contributed by atoms with Crippen molar-refractivity contribution in [3.63, 3.8) is 0 Å². The van der Waals surface area contributed by atoms with Crippen molar-refractivity contribution < 1.29 is 23.1 Å². The van der Waals surface area contributed by atoms with Crippen LogP contribution in [-0.4, -0.2) is 31.2 Å². The molecule has 3 N–H and O–H groups in total. The first-order valence-electron chi connectivity index (χ1n) is 8.53. The van der Waals surface area contributed by atoms with E-state index >= 15 is 0 Å². The first kappa shape index (κ1) is 19.8.